The van der Waals surface area contributed by atoms with E-state index in [2.05, 4.69) is 31.8 Å². The number of hydrogen-bond acceptors (Lipinski definition) is 8. The lowest BCUT2D eigenvalue weighted by Gasteiger charge is -2.20. The summed E-state index contributed by atoms with van der Waals surface area (Å²) in [5.74, 6) is 7.44. The van der Waals surface area contributed by atoms with Crippen LogP contribution in [0.25, 0.3) is 21.9 Å². The Morgan fingerprint density at radius 1 is 1.21 bits per heavy atom. The first kappa shape index (κ1) is 22.5. The van der Waals surface area contributed by atoms with Crippen LogP contribution in [0.4, 0.5) is 5.82 Å². The van der Waals surface area contributed by atoms with Crippen molar-refractivity contribution in [3.05, 3.63) is 48.3 Å². The van der Waals surface area contributed by atoms with Gasteiger partial charge in [0.05, 0.1) is 29.4 Å². The fourth-order valence-corrected chi connectivity index (χ4v) is 3.50. The maximum Gasteiger partial charge on any atom is 0.152 e. The van der Waals surface area contributed by atoms with E-state index < -0.39 is 5.60 Å². The number of rotatable bonds is 7. The fraction of sp³-hybridized carbons (Fsp3) is 0.333. The first-order valence-corrected chi connectivity index (χ1v) is 10.6. The van der Waals surface area contributed by atoms with Crippen molar-refractivity contribution < 1.29 is 14.6 Å². The molecule has 0 unspecified atom stereocenters. The van der Waals surface area contributed by atoms with E-state index >= 15 is 0 Å². The van der Waals surface area contributed by atoms with E-state index in [9.17, 15) is 5.11 Å². The number of ether oxygens (including phenoxy) is 2. The van der Waals surface area contributed by atoms with Gasteiger partial charge in [-0.1, -0.05) is 5.92 Å². The molecule has 0 radical (unpaired) electrons. The summed E-state index contributed by atoms with van der Waals surface area (Å²) in [6.45, 7) is 6.83. The third-order valence-corrected chi connectivity index (χ3v) is 4.83. The highest BCUT2D eigenvalue weighted by atomic mass is 16.5. The number of benzene rings is 1. The topological polar surface area (TPSA) is 121 Å². The van der Waals surface area contributed by atoms with Crippen LogP contribution in [0.1, 0.15) is 32.3 Å². The van der Waals surface area contributed by atoms with Crippen molar-refractivity contribution in [1.29, 1.82) is 0 Å². The number of nitrogens with zero attached hydrogens (tertiary/aromatic N) is 5. The molecule has 4 aromatic rings. The Morgan fingerprint density at radius 3 is 2.79 bits per heavy atom. The minimum absolute atomic E-state index is 0.189. The van der Waals surface area contributed by atoms with E-state index in [4.69, 9.17) is 15.2 Å². The van der Waals surface area contributed by atoms with Crippen LogP contribution in [-0.2, 0) is 17.9 Å². The molecule has 0 bridgehead atoms. The molecule has 0 aliphatic heterocycles. The Labute approximate surface area is 191 Å². The SMILES string of the molecule is CCOCc1nc2c(N)nc3cc(OCC#Cc4cnccn4)ccc3c2n1CC(C)(C)O. The molecular weight excluding hydrogens is 420 g/mol. The van der Waals surface area contributed by atoms with Gasteiger partial charge in [0.2, 0.25) is 0 Å². The summed E-state index contributed by atoms with van der Waals surface area (Å²) in [5, 5.41) is 11.4. The van der Waals surface area contributed by atoms with Gasteiger partial charge in [-0.15, -0.1) is 0 Å². The molecule has 0 amide bonds. The van der Waals surface area contributed by atoms with Gasteiger partial charge in [0.1, 0.15) is 36.0 Å². The van der Waals surface area contributed by atoms with Crippen molar-refractivity contribution in [1.82, 2.24) is 24.5 Å². The van der Waals surface area contributed by atoms with Crippen LogP contribution < -0.4 is 10.5 Å². The van der Waals surface area contributed by atoms with Crippen molar-refractivity contribution in [3.8, 4) is 17.6 Å². The summed E-state index contributed by atoms with van der Waals surface area (Å²) in [5.41, 5.74) is 7.96. The average molecular weight is 447 g/mol. The molecule has 3 heterocycles. The van der Waals surface area contributed by atoms with Crippen molar-refractivity contribution in [3.63, 3.8) is 0 Å². The van der Waals surface area contributed by atoms with Crippen LogP contribution in [0.5, 0.6) is 5.75 Å². The second kappa shape index (κ2) is 9.40. The predicted octanol–water partition coefficient (Wildman–Crippen LogP) is 2.69. The molecule has 0 aliphatic rings. The lowest BCUT2D eigenvalue weighted by Crippen LogP contribution is -2.27. The Morgan fingerprint density at radius 2 is 2.06 bits per heavy atom. The van der Waals surface area contributed by atoms with E-state index in [1.807, 2.05) is 29.7 Å². The number of nitrogens with two attached hydrogens (primary N) is 1. The summed E-state index contributed by atoms with van der Waals surface area (Å²) in [7, 11) is 0. The molecule has 3 aromatic heterocycles. The smallest absolute Gasteiger partial charge is 0.152 e. The Hall–Kier alpha value is -3.74. The van der Waals surface area contributed by atoms with Crippen molar-refractivity contribution in [2.24, 2.45) is 0 Å². The largest absolute Gasteiger partial charge is 0.481 e. The minimum atomic E-state index is -0.955. The highest BCUT2D eigenvalue weighted by molar-refractivity contribution is 6.07. The van der Waals surface area contributed by atoms with Gasteiger partial charge in [0.15, 0.2) is 5.82 Å². The molecule has 170 valence electrons. The fourth-order valence-electron chi connectivity index (χ4n) is 3.50. The third-order valence-electron chi connectivity index (χ3n) is 4.83. The van der Waals surface area contributed by atoms with Crippen molar-refractivity contribution >= 4 is 27.8 Å². The summed E-state index contributed by atoms with van der Waals surface area (Å²) in [6.07, 6.45) is 4.78. The molecule has 0 spiro atoms. The highest BCUT2D eigenvalue weighted by Gasteiger charge is 2.22. The molecule has 0 aliphatic carbocycles. The van der Waals surface area contributed by atoms with Crippen LogP contribution in [0.15, 0.2) is 36.8 Å². The van der Waals surface area contributed by atoms with Gasteiger partial charge in [0, 0.05) is 30.5 Å². The van der Waals surface area contributed by atoms with Crippen LogP contribution in [0.3, 0.4) is 0 Å². The maximum absolute atomic E-state index is 10.5. The van der Waals surface area contributed by atoms with E-state index in [1.54, 1.807) is 32.4 Å². The second-order valence-electron chi connectivity index (χ2n) is 8.12. The molecule has 9 nitrogen and oxygen atoms in total. The van der Waals surface area contributed by atoms with Crippen molar-refractivity contribution in [2.75, 3.05) is 18.9 Å². The van der Waals surface area contributed by atoms with Crippen LogP contribution in [-0.4, -0.2) is 48.4 Å². The van der Waals surface area contributed by atoms with E-state index in [1.165, 1.54) is 0 Å². The van der Waals surface area contributed by atoms with Crippen LogP contribution in [0.2, 0.25) is 0 Å². The molecule has 1 aromatic carbocycles. The van der Waals surface area contributed by atoms with Gasteiger partial charge in [-0.2, -0.15) is 0 Å². The number of anilines is 1. The molecule has 0 fully saturated rings. The Balaban J connectivity index is 1.69. The van der Waals surface area contributed by atoms with E-state index in [0.717, 1.165) is 10.9 Å². The summed E-state index contributed by atoms with van der Waals surface area (Å²) in [4.78, 5) is 17.3. The molecule has 9 heteroatoms. The quantitative estimate of drug-likeness (QED) is 0.416. The summed E-state index contributed by atoms with van der Waals surface area (Å²) in [6, 6.07) is 5.59. The zero-order valence-electron chi connectivity index (χ0n) is 18.9. The average Bonchev–Trinajstić information content (AvgIpc) is 3.13. The zero-order chi connectivity index (χ0) is 23.4. The summed E-state index contributed by atoms with van der Waals surface area (Å²) < 4.78 is 13.3. The van der Waals surface area contributed by atoms with Gasteiger partial charge >= 0.3 is 0 Å². The van der Waals surface area contributed by atoms with Crippen molar-refractivity contribution in [2.45, 2.75) is 39.5 Å². The van der Waals surface area contributed by atoms with E-state index in [0.29, 0.717) is 53.9 Å². The number of hydrogen-bond donors (Lipinski definition) is 2. The van der Waals surface area contributed by atoms with Gasteiger partial charge in [-0.25, -0.2) is 15.0 Å². The van der Waals surface area contributed by atoms with Gasteiger partial charge < -0.3 is 24.9 Å². The van der Waals surface area contributed by atoms with Crippen LogP contribution in [0, 0.1) is 11.8 Å². The Bertz CT molecular complexity index is 1330. The molecular formula is C24H26N6O3. The number of imidazole rings is 1. The van der Waals surface area contributed by atoms with E-state index in [-0.39, 0.29) is 6.61 Å². The minimum Gasteiger partial charge on any atom is -0.481 e. The molecule has 4 rings (SSSR count). The molecule has 3 N–H and O–H groups in total. The second-order valence-corrected chi connectivity index (χ2v) is 8.12. The number of fused-ring (bicyclic) bond motifs is 3. The third kappa shape index (κ3) is 5.19. The number of aromatic nitrogens is 5. The number of aliphatic hydroxyl groups is 1. The van der Waals surface area contributed by atoms with Gasteiger partial charge in [0.25, 0.3) is 0 Å². The molecule has 0 saturated heterocycles. The van der Waals surface area contributed by atoms with Gasteiger partial charge in [-0.3, -0.25) is 4.98 Å². The molecule has 0 saturated carbocycles. The number of pyridine rings is 1. The highest BCUT2D eigenvalue weighted by Crippen LogP contribution is 2.32. The monoisotopic (exact) mass is 446 g/mol. The van der Waals surface area contributed by atoms with Gasteiger partial charge in [-0.05, 0) is 38.8 Å². The first-order valence-electron chi connectivity index (χ1n) is 10.6. The predicted molar refractivity (Wildman–Crippen MR) is 125 cm³/mol. The Kier molecular flexibility index (Phi) is 6.40. The zero-order valence-corrected chi connectivity index (χ0v) is 18.9. The lowest BCUT2D eigenvalue weighted by atomic mass is 10.1. The standard InChI is InChI=1S/C24H26N6O3/c1-4-32-14-20-29-21-22(30(20)15-24(2,3)31)18-8-7-17(12-19(18)28-23(21)25)33-11-5-6-16-13-26-9-10-27-16/h7-10,12-13,31H,4,11,14-15H2,1-3H3,(H2,25,28). The first-order chi connectivity index (χ1) is 15.9. The van der Waals surface area contributed by atoms with Crippen LogP contribution >= 0.6 is 0 Å². The molecule has 0 atom stereocenters. The maximum atomic E-state index is 10.5. The number of nitrogen functional groups attached to an aromatic ring is 1. The summed E-state index contributed by atoms with van der Waals surface area (Å²) >= 11 is 0. The lowest BCUT2D eigenvalue weighted by molar-refractivity contribution is 0.0582. The normalized spacial score (nSPS) is 11.5. The molecule has 33 heavy (non-hydrogen) atoms.